The van der Waals surface area contributed by atoms with E-state index in [1.165, 1.54) is 0 Å². The van der Waals surface area contributed by atoms with E-state index < -0.39 is 47.9 Å². The Morgan fingerprint density at radius 1 is 0.946 bits per heavy atom. The van der Waals surface area contributed by atoms with Crippen molar-refractivity contribution in [2.75, 3.05) is 13.7 Å². The van der Waals surface area contributed by atoms with Crippen molar-refractivity contribution in [3.05, 3.63) is 59.7 Å². The Bertz CT molecular complexity index is 1010. The van der Waals surface area contributed by atoms with Crippen LogP contribution in [0.2, 0.25) is 0 Å². The lowest BCUT2D eigenvalue weighted by atomic mass is 9.99. The van der Waals surface area contributed by atoms with E-state index in [9.17, 15) is 19.2 Å². The zero-order chi connectivity index (χ0) is 26.6. The van der Waals surface area contributed by atoms with Gasteiger partial charge in [-0.25, -0.2) is 4.79 Å². The molecule has 0 saturated carbocycles. The highest BCUT2D eigenvalue weighted by Gasteiger charge is 2.32. The van der Waals surface area contributed by atoms with Crippen molar-refractivity contribution in [2.45, 2.75) is 76.1 Å². The monoisotopic (exact) mass is 511 g/mol. The number of amides is 3. The fraction of sp³-hybridized carbons (Fsp3) is 0.500. The second-order valence-electron chi connectivity index (χ2n) is 9.46. The number of benzene rings is 1. The number of allylic oxidation sites excluding steroid dienone is 3. The Morgan fingerprint density at radius 2 is 1.73 bits per heavy atom. The second kappa shape index (κ2) is 14.3. The van der Waals surface area contributed by atoms with E-state index in [2.05, 4.69) is 16.0 Å². The fourth-order valence-electron chi connectivity index (χ4n) is 4.35. The van der Waals surface area contributed by atoms with Crippen LogP contribution in [0, 0.1) is 0 Å². The minimum Gasteiger partial charge on any atom is -0.460 e. The maximum atomic E-state index is 13.2. The van der Waals surface area contributed by atoms with E-state index in [-0.39, 0.29) is 12.8 Å². The van der Waals surface area contributed by atoms with E-state index >= 15 is 0 Å². The summed E-state index contributed by atoms with van der Waals surface area (Å²) in [5.41, 5.74) is 1.78. The average Bonchev–Trinajstić information content (AvgIpc) is 2.88. The number of cyclic esters (lactones) is 1. The highest BCUT2D eigenvalue weighted by Crippen LogP contribution is 2.17. The molecule has 3 N–H and O–H groups in total. The standard InChI is InChI=1S/C28H37N3O6/c1-19-26(33)31-24(17-21-12-7-4-8-13-21)28(35)37-22(14-9-15-36-2)18-25(32)30-23(27(34)29-19)16-20-10-5-3-6-11-20/h4-5,7-8,10-13,19,22-24H,3,6,9,14-18H2,1-2H3,(H,29,34)(H,30,32)(H,31,33)/t19-,22+,23-,24+/m0/s1. The zero-order valence-corrected chi connectivity index (χ0v) is 21.5. The highest BCUT2D eigenvalue weighted by molar-refractivity contribution is 5.94. The molecule has 3 amide bonds. The Labute approximate surface area is 218 Å². The molecule has 0 spiro atoms. The summed E-state index contributed by atoms with van der Waals surface area (Å²) >= 11 is 0. The lowest BCUT2D eigenvalue weighted by Crippen LogP contribution is -2.54. The van der Waals surface area contributed by atoms with Gasteiger partial charge in [-0.2, -0.15) is 0 Å². The van der Waals surface area contributed by atoms with Crippen molar-refractivity contribution in [3.8, 4) is 0 Å². The fourth-order valence-corrected chi connectivity index (χ4v) is 4.35. The molecule has 1 aromatic rings. The molecule has 4 atom stereocenters. The minimum atomic E-state index is -0.976. The van der Waals surface area contributed by atoms with Gasteiger partial charge in [-0.1, -0.05) is 48.6 Å². The third-order valence-electron chi connectivity index (χ3n) is 6.37. The molecular weight excluding hydrogens is 474 g/mol. The number of hydrogen-bond acceptors (Lipinski definition) is 6. The van der Waals surface area contributed by atoms with Crippen molar-refractivity contribution >= 4 is 23.7 Å². The number of carbonyl (C=O) groups excluding carboxylic acids is 4. The summed E-state index contributed by atoms with van der Waals surface area (Å²) in [4.78, 5) is 52.4. The topological polar surface area (TPSA) is 123 Å². The average molecular weight is 512 g/mol. The number of rotatable bonds is 8. The van der Waals surface area contributed by atoms with Crippen molar-refractivity contribution in [2.24, 2.45) is 0 Å². The molecule has 1 saturated heterocycles. The highest BCUT2D eigenvalue weighted by atomic mass is 16.5. The molecule has 9 heteroatoms. The number of ether oxygens (including phenoxy) is 2. The van der Waals surface area contributed by atoms with Crippen LogP contribution >= 0.6 is 0 Å². The van der Waals surface area contributed by atoms with Crippen LogP contribution in [0.15, 0.2) is 54.1 Å². The van der Waals surface area contributed by atoms with Gasteiger partial charge < -0.3 is 25.4 Å². The van der Waals surface area contributed by atoms with E-state index in [1.807, 2.05) is 48.6 Å². The molecule has 0 radical (unpaired) electrons. The Balaban J connectivity index is 1.84. The Morgan fingerprint density at radius 3 is 2.43 bits per heavy atom. The lowest BCUT2D eigenvalue weighted by molar-refractivity contribution is -0.154. The van der Waals surface area contributed by atoms with Crippen molar-refractivity contribution < 1.29 is 28.7 Å². The van der Waals surface area contributed by atoms with Crippen molar-refractivity contribution in [3.63, 3.8) is 0 Å². The minimum absolute atomic E-state index is 0.102. The summed E-state index contributed by atoms with van der Waals surface area (Å²) in [7, 11) is 1.58. The third kappa shape index (κ3) is 9.17. The first kappa shape index (κ1) is 28.1. The zero-order valence-electron chi connectivity index (χ0n) is 21.5. The van der Waals surface area contributed by atoms with Crippen LogP contribution in [-0.4, -0.2) is 61.6 Å². The molecule has 9 nitrogen and oxygen atoms in total. The molecule has 37 heavy (non-hydrogen) atoms. The normalized spacial score (nSPS) is 25.4. The molecule has 1 aromatic carbocycles. The van der Waals surface area contributed by atoms with Crippen molar-refractivity contribution in [1.82, 2.24) is 16.0 Å². The first-order valence-corrected chi connectivity index (χ1v) is 12.8. The van der Waals surface area contributed by atoms with Crippen LogP contribution in [0.5, 0.6) is 0 Å². The Kier molecular flexibility index (Phi) is 10.9. The largest absolute Gasteiger partial charge is 0.460 e. The molecule has 2 aliphatic rings. The quantitative estimate of drug-likeness (QED) is 0.363. The van der Waals surface area contributed by atoms with E-state index in [0.717, 1.165) is 24.0 Å². The van der Waals surface area contributed by atoms with Gasteiger partial charge in [-0.05, 0) is 43.7 Å². The van der Waals surface area contributed by atoms with Crippen molar-refractivity contribution in [1.29, 1.82) is 0 Å². The SMILES string of the molecule is COCCC[C@@H]1CC(=O)N[C@@H](CC2=CCCC=C2)C(=O)N[C@@H](C)C(=O)N[C@H](Cc2ccccc2)C(=O)O1. The van der Waals surface area contributed by atoms with Crippen LogP contribution in [0.1, 0.15) is 51.0 Å². The van der Waals surface area contributed by atoms with E-state index in [1.54, 1.807) is 14.0 Å². The van der Waals surface area contributed by atoms with Crippen LogP contribution in [-0.2, 0) is 35.1 Å². The maximum absolute atomic E-state index is 13.2. The van der Waals surface area contributed by atoms with Gasteiger partial charge in [0.15, 0.2) is 0 Å². The van der Waals surface area contributed by atoms with E-state index in [0.29, 0.717) is 25.9 Å². The number of methoxy groups -OCH3 is 1. The first-order valence-electron chi connectivity index (χ1n) is 12.8. The molecule has 1 aliphatic heterocycles. The molecule has 0 bridgehead atoms. The summed E-state index contributed by atoms with van der Waals surface area (Å²) in [6.07, 6.45) is 8.49. The van der Waals surface area contributed by atoms with Gasteiger partial charge in [0.1, 0.15) is 24.2 Å². The molecule has 0 aromatic heterocycles. The summed E-state index contributed by atoms with van der Waals surface area (Å²) < 4.78 is 10.9. The first-order chi connectivity index (χ1) is 17.9. The Hall–Kier alpha value is -3.46. The molecule has 200 valence electrons. The summed E-state index contributed by atoms with van der Waals surface area (Å²) in [5, 5.41) is 8.23. The molecule has 1 fully saturated rings. The smallest absolute Gasteiger partial charge is 0.329 e. The molecule has 3 rings (SSSR count). The third-order valence-corrected chi connectivity index (χ3v) is 6.37. The molecule has 1 heterocycles. The lowest BCUT2D eigenvalue weighted by Gasteiger charge is -2.23. The molecular formula is C28H37N3O6. The second-order valence-corrected chi connectivity index (χ2v) is 9.46. The van der Waals surface area contributed by atoms with Gasteiger partial charge >= 0.3 is 5.97 Å². The summed E-state index contributed by atoms with van der Waals surface area (Å²) in [6.45, 7) is 1.99. The van der Waals surface area contributed by atoms with Gasteiger partial charge in [-0.15, -0.1) is 0 Å². The van der Waals surface area contributed by atoms with Crippen LogP contribution in [0.3, 0.4) is 0 Å². The number of nitrogens with one attached hydrogen (secondary N) is 3. The number of esters is 1. The predicted molar refractivity (Wildman–Crippen MR) is 138 cm³/mol. The number of carbonyl (C=O) groups is 4. The van der Waals surface area contributed by atoms with Crippen LogP contribution in [0.25, 0.3) is 0 Å². The summed E-state index contributed by atoms with van der Waals surface area (Å²) in [6, 6.07) is 6.50. The van der Waals surface area contributed by atoms with Gasteiger partial charge in [0.2, 0.25) is 17.7 Å². The summed E-state index contributed by atoms with van der Waals surface area (Å²) in [5.74, 6) is -2.00. The van der Waals surface area contributed by atoms with Gasteiger partial charge in [-0.3, -0.25) is 14.4 Å². The predicted octanol–water partition coefficient (Wildman–Crippen LogP) is 2.11. The van der Waals surface area contributed by atoms with Crippen LogP contribution < -0.4 is 16.0 Å². The van der Waals surface area contributed by atoms with Gasteiger partial charge in [0.05, 0.1) is 6.42 Å². The number of hydrogen-bond donors (Lipinski definition) is 3. The van der Waals surface area contributed by atoms with E-state index in [4.69, 9.17) is 9.47 Å². The molecule has 1 aliphatic carbocycles. The van der Waals surface area contributed by atoms with Crippen LogP contribution in [0.4, 0.5) is 0 Å². The van der Waals surface area contributed by atoms with Gasteiger partial charge in [0.25, 0.3) is 0 Å². The van der Waals surface area contributed by atoms with Gasteiger partial charge in [0, 0.05) is 26.6 Å². The molecule has 0 unspecified atom stereocenters. The maximum Gasteiger partial charge on any atom is 0.329 e.